The maximum Gasteiger partial charge on any atom is 0.213 e. The number of para-hydroxylation sites is 1. The van der Waals surface area contributed by atoms with Crippen molar-refractivity contribution in [3.8, 4) is 5.75 Å². The van der Waals surface area contributed by atoms with Crippen LogP contribution in [0, 0.1) is 6.92 Å². The molecule has 0 fully saturated rings. The molecule has 0 N–H and O–H groups in total. The number of hydrazone groups is 1. The summed E-state index contributed by atoms with van der Waals surface area (Å²) in [7, 11) is 0. The predicted octanol–water partition coefficient (Wildman–Crippen LogP) is 5.89. The summed E-state index contributed by atoms with van der Waals surface area (Å²) in [6.07, 6.45) is 0.576. The first-order valence-corrected chi connectivity index (χ1v) is 9.51. The minimum atomic E-state index is -0.286. The average molecular weight is 375 g/mol. The molecule has 0 spiro atoms. The second-order valence-electron chi connectivity index (χ2n) is 7.08. The van der Waals surface area contributed by atoms with E-state index < -0.39 is 0 Å². The Kier molecular flexibility index (Phi) is 3.91. The van der Waals surface area contributed by atoms with Gasteiger partial charge in [0.25, 0.3) is 0 Å². The molecule has 2 aliphatic heterocycles. The quantitative estimate of drug-likeness (QED) is 0.558. The van der Waals surface area contributed by atoms with Crippen molar-refractivity contribution in [3.63, 3.8) is 0 Å². The number of halogens is 1. The standard InChI is InChI=1S/C23H19ClN2O/c1-15-9-11-16(12-10-15)20-14-21-19-7-2-3-8-22(19)27-23(26(21)25-20)17-5-4-6-18(24)13-17/h2-13,21,23H,14H2,1H3/t21-,23-/m1/s1. The van der Waals surface area contributed by atoms with Crippen LogP contribution in [-0.4, -0.2) is 10.7 Å². The first-order chi connectivity index (χ1) is 13.2. The average Bonchev–Trinajstić information content (AvgIpc) is 3.13. The van der Waals surface area contributed by atoms with Gasteiger partial charge in [-0.15, -0.1) is 0 Å². The molecule has 27 heavy (non-hydrogen) atoms. The highest BCUT2D eigenvalue weighted by molar-refractivity contribution is 6.30. The molecular weight excluding hydrogens is 356 g/mol. The molecule has 0 unspecified atom stereocenters. The summed E-state index contributed by atoms with van der Waals surface area (Å²) in [6.45, 7) is 2.10. The SMILES string of the molecule is Cc1ccc(C2=NN3[C@H](C2)c2ccccc2O[C@@H]3c2cccc(Cl)c2)cc1. The smallest absolute Gasteiger partial charge is 0.213 e. The third-order valence-corrected chi connectivity index (χ3v) is 5.45. The van der Waals surface area contributed by atoms with Crippen LogP contribution in [0.1, 0.15) is 40.9 Å². The molecular formula is C23H19ClN2O. The Morgan fingerprint density at radius 1 is 1.00 bits per heavy atom. The van der Waals surface area contributed by atoms with Gasteiger partial charge in [0.05, 0.1) is 11.8 Å². The van der Waals surface area contributed by atoms with Crippen molar-refractivity contribution < 1.29 is 4.74 Å². The number of fused-ring (bicyclic) bond motifs is 3. The monoisotopic (exact) mass is 374 g/mol. The summed E-state index contributed by atoms with van der Waals surface area (Å²) >= 11 is 6.24. The molecule has 134 valence electrons. The van der Waals surface area contributed by atoms with E-state index in [-0.39, 0.29) is 12.3 Å². The molecule has 0 aromatic heterocycles. The first kappa shape index (κ1) is 16.4. The number of ether oxygens (including phenoxy) is 1. The van der Waals surface area contributed by atoms with E-state index in [1.807, 2.05) is 36.4 Å². The summed E-state index contributed by atoms with van der Waals surface area (Å²) in [6, 6.07) is 24.8. The second kappa shape index (κ2) is 6.43. The number of aryl methyl sites for hydroxylation is 1. The number of rotatable bonds is 2. The minimum absolute atomic E-state index is 0.162. The summed E-state index contributed by atoms with van der Waals surface area (Å²) in [5.74, 6) is 0.920. The topological polar surface area (TPSA) is 24.8 Å². The van der Waals surface area contributed by atoms with E-state index in [4.69, 9.17) is 21.4 Å². The van der Waals surface area contributed by atoms with Gasteiger partial charge in [0, 0.05) is 22.6 Å². The lowest BCUT2D eigenvalue weighted by Crippen LogP contribution is -2.33. The molecule has 3 aromatic rings. The molecule has 5 rings (SSSR count). The van der Waals surface area contributed by atoms with Crippen LogP contribution in [0.15, 0.2) is 77.9 Å². The van der Waals surface area contributed by atoms with Crippen LogP contribution in [0.4, 0.5) is 0 Å². The van der Waals surface area contributed by atoms with Crippen molar-refractivity contribution in [3.05, 3.63) is 100 Å². The van der Waals surface area contributed by atoms with Gasteiger partial charge in [-0.2, -0.15) is 5.10 Å². The van der Waals surface area contributed by atoms with Gasteiger partial charge < -0.3 is 4.74 Å². The zero-order chi connectivity index (χ0) is 18.4. The molecule has 0 aliphatic carbocycles. The highest BCUT2D eigenvalue weighted by Crippen LogP contribution is 2.47. The lowest BCUT2D eigenvalue weighted by molar-refractivity contribution is -0.0190. The second-order valence-corrected chi connectivity index (χ2v) is 7.51. The van der Waals surface area contributed by atoms with Crippen molar-refractivity contribution in [2.24, 2.45) is 5.10 Å². The van der Waals surface area contributed by atoms with Gasteiger partial charge in [0.1, 0.15) is 5.75 Å². The molecule has 3 nitrogen and oxygen atoms in total. The number of nitrogens with zero attached hydrogens (tertiary/aromatic N) is 2. The van der Waals surface area contributed by atoms with E-state index in [0.717, 1.165) is 29.0 Å². The number of hydrogen-bond donors (Lipinski definition) is 0. The van der Waals surface area contributed by atoms with Crippen LogP contribution >= 0.6 is 11.6 Å². The molecule has 0 radical (unpaired) electrons. The van der Waals surface area contributed by atoms with E-state index in [9.17, 15) is 0 Å². The Morgan fingerprint density at radius 3 is 2.63 bits per heavy atom. The molecule has 3 aromatic carbocycles. The fourth-order valence-electron chi connectivity index (χ4n) is 3.83. The Labute approximate surface area is 163 Å². The van der Waals surface area contributed by atoms with E-state index in [1.54, 1.807) is 0 Å². The van der Waals surface area contributed by atoms with Gasteiger partial charge in [-0.3, -0.25) is 0 Å². The number of hydrogen-bond acceptors (Lipinski definition) is 3. The Balaban J connectivity index is 1.60. The molecule has 2 heterocycles. The van der Waals surface area contributed by atoms with E-state index in [2.05, 4.69) is 48.3 Å². The molecule has 0 amide bonds. The largest absolute Gasteiger partial charge is 0.464 e. The van der Waals surface area contributed by atoms with Crippen molar-refractivity contribution in [1.29, 1.82) is 0 Å². The zero-order valence-electron chi connectivity index (χ0n) is 15.0. The van der Waals surface area contributed by atoms with E-state index in [0.29, 0.717) is 5.02 Å². The van der Waals surface area contributed by atoms with Gasteiger partial charge in [-0.05, 0) is 30.7 Å². The molecule has 0 bridgehead atoms. The zero-order valence-corrected chi connectivity index (χ0v) is 15.7. The van der Waals surface area contributed by atoms with Crippen LogP contribution in [-0.2, 0) is 0 Å². The third-order valence-electron chi connectivity index (χ3n) is 5.22. The Bertz CT molecular complexity index is 1030. The summed E-state index contributed by atoms with van der Waals surface area (Å²) < 4.78 is 6.35. The molecule has 0 saturated carbocycles. The lowest BCUT2D eigenvalue weighted by Gasteiger charge is -2.38. The molecule has 0 saturated heterocycles. The molecule has 4 heteroatoms. The highest BCUT2D eigenvalue weighted by atomic mass is 35.5. The van der Waals surface area contributed by atoms with Crippen LogP contribution in [0.3, 0.4) is 0 Å². The van der Waals surface area contributed by atoms with E-state index >= 15 is 0 Å². The number of benzene rings is 3. The van der Waals surface area contributed by atoms with Crippen molar-refractivity contribution >= 4 is 17.3 Å². The summed E-state index contributed by atoms with van der Waals surface area (Å²) in [5.41, 5.74) is 5.70. The van der Waals surface area contributed by atoms with Crippen LogP contribution in [0.5, 0.6) is 5.75 Å². The highest BCUT2D eigenvalue weighted by Gasteiger charge is 2.40. The normalized spacial score (nSPS) is 20.5. The van der Waals surface area contributed by atoms with Gasteiger partial charge in [-0.1, -0.05) is 71.8 Å². The third kappa shape index (κ3) is 2.88. The molecule has 2 aliphatic rings. The lowest BCUT2D eigenvalue weighted by atomic mass is 9.95. The van der Waals surface area contributed by atoms with Crippen LogP contribution < -0.4 is 4.74 Å². The van der Waals surface area contributed by atoms with Crippen LogP contribution in [0.25, 0.3) is 0 Å². The Hall–Kier alpha value is -2.78. The maximum absolute atomic E-state index is 6.35. The Morgan fingerprint density at radius 2 is 1.81 bits per heavy atom. The van der Waals surface area contributed by atoms with Gasteiger partial charge in [0.15, 0.2) is 0 Å². The van der Waals surface area contributed by atoms with Crippen molar-refractivity contribution in [1.82, 2.24) is 5.01 Å². The maximum atomic E-state index is 6.35. The van der Waals surface area contributed by atoms with Crippen molar-refractivity contribution in [2.45, 2.75) is 25.6 Å². The molecule has 2 atom stereocenters. The fourth-order valence-corrected chi connectivity index (χ4v) is 4.03. The minimum Gasteiger partial charge on any atom is -0.464 e. The first-order valence-electron chi connectivity index (χ1n) is 9.13. The summed E-state index contributed by atoms with van der Waals surface area (Å²) in [5, 5.41) is 7.77. The van der Waals surface area contributed by atoms with Crippen molar-refractivity contribution in [2.75, 3.05) is 0 Å². The van der Waals surface area contributed by atoms with Crippen LogP contribution in [0.2, 0.25) is 5.02 Å². The fraction of sp³-hybridized carbons (Fsp3) is 0.174. The van der Waals surface area contributed by atoms with Gasteiger partial charge in [-0.25, -0.2) is 5.01 Å². The van der Waals surface area contributed by atoms with Gasteiger partial charge >= 0.3 is 0 Å². The predicted molar refractivity (Wildman–Crippen MR) is 108 cm³/mol. The van der Waals surface area contributed by atoms with Gasteiger partial charge in [0.2, 0.25) is 6.23 Å². The van der Waals surface area contributed by atoms with E-state index in [1.165, 1.54) is 11.1 Å². The summed E-state index contributed by atoms with van der Waals surface area (Å²) in [4.78, 5) is 0.